The maximum absolute atomic E-state index is 4.19. The lowest BCUT2D eigenvalue weighted by molar-refractivity contribution is 0.169. The van der Waals surface area contributed by atoms with Crippen molar-refractivity contribution >= 4 is 6.34 Å². The molecule has 1 atom stereocenters. The Kier molecular flexibility index (Phi) is 2.18. The van der Waals surface area contributed by atoms with E-state index in [-0.39, 0.29) is 0 Å². The van der Waals surface area contributed by atoms with Gasteiger partial charge in [0.05, 0.1) is 6.34 Å². The highest BCUT2D eigenvalue weighted by molar-refractivity contribution is 5.55. The molecule has 0 bridgehead atoms. The van der Waals surface area contributed by atoms with Crippen molar-refractivity contribution in [2.45, 2.75) is 25.3 Å². The number of fused-ring (bicyclic) bond motifs is 1. The molecule has 1 heterocycles. The molecule has 3 nitrogen and oxygen atoms in total. The second-order valence-corrected chi connectivity index (χ2v) is 4.22. The van der Waals surface area contributed by atoms with Crippen LogP contribution >= 0.6 is 0 Å². The first-order valence-electron chi connectivity index (χ1n) is 5.51. The Balaban J connectivity index is 1.77. The minimum Gasteiger partial charge on any atom is -0.307 e. The third-order valence-corrected chi connectivity index (χ3v) is 3.31. The first kappa shape index (κ1) is 8.92. The topological polar surface area (TPSA) is 27.6 Å². The van der Waals surface area contributed by atoms with Gasteiger partial charge < -0.3 is 5.43 Å². The number of rotatable bonds is 1. The molecule has 0 amide bonds. The van der Waals surface area contributed by atoms with Crippen molar-refractivity contribution < 1.29 is 0 Å². The van der Waals surface area contributed by atoms with Crippen LogP contribution in [0, 0.1) is 0 Å². The SMILES string of the molecule is C1=NCN(C2CCc3ccccc3C2)N1. The van der Waals surface area contributed by atoms with E-state index in [9.17, 15) is 0 Å². The van der Waals surface area contributed by atoms with Crippen molar-refractivity contribution in [2.75, 3.05) is 6.67 Å². The summed E-state index contributed by atoms with van der Waals surface area (Å²) in [5, 5.41) is 2.23. The molecule has 78 valence electrons. The molecule has 0 radical (unpaired) electrons. The Morgan fingerprint density at radius 3 is 2.93 bits per heavy atom. The number of nitrogens with zero attached hydrogens (tertiary/aromatic N) is 2. The van der Waals surface area contributed by atoms with E-state index in [1.165, 1.54) is 24.0 Å². The van der Waals surface area contributed by atoms with E-state index in [1.807, 2.05) is 0 Å². The van der Waals surface area contributed by atoms with E-state index in [1.54, 1.807) is 6.34 Å². The summed E-state index contributed by atoms with van der Waals surface area (Å²) in [4.78, 5) is 4.19. The monoisotopic (exact) mass is 201 g/mol. The maximum atomic E-state index is 4.19. The maximum Gasteiger partial charge on any atom is 0.110 e. The summed E-state index contributed by atoms with van der Waals surface area (Å²) < 4.78 is 0. The number of aryl methyl sites for hydroxylation is 1. The molecule has 1 aliphatic heterocycles. The van der Waals surface area contributed by atoms with Gasteiger partial charge >= 0.3 is 0 Å². The molecular weight excluding hydrogens is 186 g/mol. The zero-order valence-electron chi connectivity index (χ0n) is 8.69. The Bertz CT molecular complexity index is 378. The molecule has 0 saturated carbocycles. The summed E-state index contributed by atoms with van der Waals surface area (Å²) in [5.74, 6) is 0. The zero-order chi connectivity index (χ0) is 10.1. The molecular formula is C12H15N3. The summed E-state index contributed by atoms with van der Waals surface area (Å²) in [5.41, 5.74) is 6.22. The van der Waals surface area contributed by atoms with Gasteiger partial charge in [-0.3, -0.25) is 4.99 Å². The number of benzene rings is 1. The van der Waals surface area contributed by atoms with Crippen LogP contribution in [0.25, 0.3) is 0 Å². The minimum absolute atomic E-state index is 0.599. The standard InChI is InChI=1S/C12H15N3/c1-2-4-11-7-12(6-5-10(11)3-1)15-9-13-8-14-15/h1-4,8,12H,5-7,9H2,(H,13,14). The fraction of sp³-hybridized carbons (Fsp3) is 0.417. The molecule has 0 spiro atoms. The summed E-state index contributed by atoms with van der Waals surface area (Å²) in [7, 11) is 0. The fourth-order valence-corrected chi connectivity index (χ4v) is 2.45. The van der Waals surface area contributed by atoms with Crippen LogP contribution in [-0.4, -0.2) is 24.1 Å². The van der Waals surface area contributed by atoms with E-state index < -0.39 is 0 Å². The van der Waals surface area contributed by atoms with Crippen LogP contribution in [-0.2, 0) is 12.8 Å². The average Bonchev–Trinajstić information content (AvgIpc) is 2.82. The summed E-state index contributed by atoms with van der Waals surface area (Å²) in [6.45, 7) is 0.798. The molecule has 0 saturated heterocycles. The van der Waals surface area contributed by atoms with Gasteiger partial charge in [0.15, 0.2) is 0 Å². The first-order chi connectivity index (χ1) is 7.43. The van der Waals surface area contributed by atoms with Crippen LogP contribution in [0.2, 0.25) is 0 Å². The number of aliphatic imine (C=N–C) groups is 1. The van der Waals surface area contributed by atoms with Gasteiger partial charge in [-0.25, -0.2) is 0 Å². The Morgan fingerprint density at radius 1 is 1.27 bits per heavy atom. The van der Waals surface area contributed by atoms with Crippen molar-refractivity contribution in [3.05, 3.63) is 35.4 Å². The third-order valence-electron chi connectivity index (χ3n) is 3.31. The van der Waals surface area contributed by atoms with Gasteiger partial charge in [0.25, 0.3) is 0 Å². The highest BCUT2D eigenvalue weighted by Gasteiger charge is 2.24. The molecule has 1 unspecified atom stereocenters. The lowest BCUT2D eigenvalue weighted by atomic mass is 9.88. The van der Waals surface area contributed by atoms with Gasteiger partial charge in [0.1, 0.15) is 6.67 Å². The van der Waals surface area contributed by atoms with E-state index in [0.29, 0.717) is 6.04 Å². The van der Waals surface area contributed by atoms with E-state index >= 15 is 0 Å². The number of nitrogens with one attached hydrogen (secondary N) is 1. The Morgan fingerprint density at radius 2 is 2.13 bits per heavy atom. The summed E-state index contributed by atoms with van der Waals surface area (Å²) in [6, 6.07) is 9.37. The first-order valence-corrected chi connectivity index (χ1v) is 5.51. The average molecular weight is 201 g/mol. The molecule has 1 aromatic rings. The van der Waals surface area contributed by atoms with E-state index in [4.69, 9.17) is 0 Å². The van der Waals surface area contributed by atoms with Crippen LogP contribution in [0.3, 0.4) is 0 Å². The summed E-state index contributed by atoms with van der Waals surface area (Å²) >= 11 is 0. The smallest absolute Gasteiger partial charge is 0.110 e. The normalized spacial score (nSPS) is 24.9. The van der Waals surface area contributed by atoms with Crippen molar-refractivity contribution in [2.24, 2.45) is 4.99 Å². The van der Waals surface area contributed by atoms with Gasteiger partial charge in [-0.2, -0.15) is 5.01 Å². The van der Waals surface area contributed by atoms with Crippen LogP contribution in [0.4, 0.5) is 0 Å². The molecule has 0 aromatic heterocycles. The largest absolute Gasteiger partial charge is 0.307 e. The van der Waals surface area contributed by atoms with Crippen molar-refractivity contribution in [3.8, 4) is 0 Å². The Hall–Kier alpha value is -1.35. The number of hydrazine groups is 1. The van der Waals surface area contributed by atoms with Gasteiger partial charge in [0, 0.05) is 6.04 Å². The number of hydrogen-bond donors (Lipinski definition) is 1. The van der Waals surface area contributed by atoms with Crippen LogP contribution in [0.5, 0.6) is 0 Å². The molecule has 2 aliphatic rings. The van der Waals surface area contributed by atoms with Crippen LogP contribution in [0.15, 0.2) is 29.3 Å². The van der Waals surface area contributed by atoms with Gasteiger partial charge in [0.2, 0.25) is 0 Å². The lowest BCUT2D eigenvalue weighted by Crippen LogP contribution is -2.44. The third kappa shape index (κ3) is 1.63. The summed E-state index contributed by atoms with van der Waals surface area (Å²) in [6.07, 6.45) is 5.36. The molecule has 15 heavy (non-hydrogen) atoms. The van der Waals surface area contributed by atoms with E-state index in [2.05, 4.69) is 39.7 Å². The van der Waals surface area contributed by atoms with Gasteiger partial charge in [-0.15, -0.1) is 0 Å². The fourth-order valence-electron chi connectivity index (χ4n) is 2.45. The van der Waals surface area contributed by atoms with E-state index in [0.717, 1.165) is 13.1 Å². The van der Waals surface area contributed by atoms with Crippen LogP contribution < -0.4 is 5.43 Å². The van der Waals surface area contributed by atoms with Gasteiger partial charge in [-0.05, 0) is 30.4 Å². The van der Waals surface area contributed by atoms with Gasteiger partial charge in [-0.1, -0.05) is 24.3 Å². The molecule has 0 fully saturated rings. The Labute approximate surface area is 89.8 Å². The molecule has 3 rings (SSSR count). The predicted molar refractivity (Wildman–Crippen MR) is 60.6 cm³/mol. The second kappa shape index (κ2) is 3.66. The highest BCUT2D eigenvalue weighted by Crippen LogP contribution is 2.23. The minimum atomic E-state index is 0.599. The van der Waals surface area contributed by atoms with Crippen molar-refractivity contribution in [3.63, 3.8) is 0 Å². The molecule has 3 heteroatoms. The quantitative estimate of drug-likeness (QED) is 0.742. The molecule has 1 N–H and O–H groups in total. The van der Waals surface area contributed by atoms with Crippen LogP contribution in [0.1, 0.15) is 17.5 Å². The number of hydrogen-bond acceptors (Lipinski definition) is 3. The second-order valence-electron chi connectivity index (χ2n) is 4.22. The molecule has 1 aromatic carbocycles. The zero-order valence-corrected chi connectivity index (χ0v) is 8.69. The highest BCUT2D eigenvalue weighted by atomic mass is 15.6. The van der Waals surface area contributed by atoms with Crippen molar-refractivity contribution in [1.29, 1.82) is 0 Å². The predicted octanol–water partition coefficient (Wildman–Crippen LogP) is 1.35. The van der Waals surface area contributed by atoms with Crippen molar-refractivity contribution in [1.82, 2.24) is 10.4 Å². The lowest BCUT2D eigenvalue weighted by Gasteiger charge is -2.31. The molecule has 1 aliphatic carbocycles.